The first-order chi connectivity index (χ1) is 11.8. The Bertz CT molecular complexity index is 726. The first-order valence-electron chi connectivity index (χ1n) is 7.52. The van der Waals surface area contributed by atoms with Crippen LogP contribution in [0.5, 0.6) is 0 Å². The molecule has 0 aliphatic heterocycles. The Labute approximate surface area is 144 Å². The molecule has 1 aromatic carbocycles. The number of fused-ring (bicyclic) bond motifs is 1. The van der Waals surface area contributed by atoms with Gasteiger partial charge in [-0.05, 0) is 37.2 Å². The number of halogens is 1. The fourth-order valence-electron chi connectivity index (χ4n) is 2.09. The van der Waals surface area contributed by atoms with Crippen molar-refractivity contribution >= 4 is 22.8 Å². The molecule has 136 valence electrons. The summed E-state index contributed by atoms with van der Waals surface area (Å²) in [7, 11) is 1.96. The van der Waals surface area contributed by atoms with Crippen molar-refractivity contribution in [3.8, 4) is 0 Å². The predicted molar refractivity (Wildman–Crippen MR) is 91.0 cm³/mol. The van der Waals surface area contributed by atoms with Gasteiger partial charge in [-0.15, -0.1) is 0 Å². The van der Waals surface area contributed by atoms with Crippen molar-refractivity contribution in [2.24, 2.45) is 0 Å². The van der Waals surface area contributed by atoms with Gasteiger partial charge in [-0.25, -0.2) is 14.0 Å². The summed E-state index contributed by atoms with van der Waals surface area (Å²) in [5.41, 5.74) is 2.08. The van der Waals surface area contributed by atoms with Gasteiger partial charge in [-0.3, -0.25) is 0 Å². The SMILES string of the molecule is CN(CCO)CCc1c[nH]c2ccc(F)cc12.O=C(O)/C=C/C(=O)O. The first kappa shape index (κ1) is 20.3. The fraction of sp³-hybridized carbons (Fsp3) is 0.294. The van der Waals surface area contributed by atoms with Crippen LogP contribution in [0, 0.1) is 5.82 Å². The van der Waals surface area contributed by atoms with Crippen LogP contribution in [-0.2, 0) is 16.0 Å². The highest BCUT2D eigenvalue weighted by Gasteiger charge is 2.06. The average molecular weight is 352 g/mol. The molecule has 0 spiro atoms. The second kappa shape index (κ2) is 10.2. The molecule has 2 rings (SSSR count). The lowest BCUT2D eigenvalue weighted by Crippen LogP contribution is -2.24. The minimum Gasteiger partial charge on any atom is -0.478 e. The summed E-state index contributed by atoms with van der Waals surface area (Å²) < 4.78 is 13.2. The lowest BCUT2D eigenvalue weighted by molar-refractivity contribution is -0.134. The number of aliphatic hydroxyl groups excluding tert-OH is 1. The van der Waals surface area contributed by atoms with E-state index >= 15 is 0 Å². The molecule has 0 bridgehead atoms. The summed E-state index contributed by atoms with van der Waals surface area (Å²) >= 11 is 0. The number of carboxylic acid groups (broad SMARTS) is 2. The van der Waals surface area contributed by atoms with Gasteiger partial charge in [0.15, 0.2) is 0 Å². The standard InChI is InChI=1S/C13H17FN2O.C4H4O4/c1-16(6-7-17)5-4-10-9-15-13-3-2-11(14)8-12(10)13;5-3(6)1-2-4(7)8/h2-3,8-9,15,17H,4-7H2,1H3;1-2H,(H,5,6)(H,7,8)/b;2-1+. The maximum Gasteiger partial charge on any atom is 0.328 e. The van der Waals surface area contributed by atoms with E-state index in [2.05, 4.69) is 9.88 Å². The second-order valence-electron chi connectivity index (χ2n) is 5.29. The van der Waals surface area contributed by atoms with Crippen molar-refractivity contribution in [1.82, 2.24) is 9.88 Å². The van der Waals surface area contributed by atoms with E-state index in [-0.39, 0.29) is 12.4 Å². The Kier molecular flexibility index (Phi) is 8.31. The predicted octanol–water partition coefficient (Wildman–Crippen LogP) is 1.49. The number of likely N-dealkylation sites (N-methyl/N-ethyl adjacent to an activating group) is 1. The van der Waals surface area contributed by atoms with Crippen molar-refractivity contribution in [2.75, 3.05) is 26.7 Å². The lowest BCUT2D eigenvalue weighted by Gasteiger charge is -2.14. The van der Waals surface area contributed by atoms with E-state index in [1.165, 1.54) is 6.07 Å². The van der Waals surface area contributed by atoms with Gasteiger partial charge in [-0.1, -0.05) is 0 Å². The summed E-state index contributed by atoms with van der Waals surface area (Å²) in [6, 6.07) is 4.78. The zero-order valence-corrected chi connectivity index (χ0v) is 13.8. The number of H-pyrrole nitrogens is 1. The molecule has 0 amide bonds. The van der Waals surface area contributed by atoms with E-state index in [9.17, 15) is 14.0 Å². The van der Waals surface area contributed by atoms with Crippen molar-refractivity contribution in [3.63, 3.8) is 0 Å². The van der Waals surface area contributed by atoms with Crippen LogP contribution in [0.2, 0.25) is 0 Å². The summed E-state index contributed by atoms with van der Waals surface area (Å²) in [6.45, 7) is 1.68. The molecule has 0 saturated heterocycles. The molecule has 8 heteroatoms. The van der Waals surface area contributed by atoms with Gasteiger partial charge in [0.1, 0.15) is 5.82 Å². The van der Waals surface area contributed by atoms with E-state index in [4.69, 9.17) is 15.3 Å². The minimum absolute atomic E-state index is 0.166. The largest absolute Gasteiger partial charge is 0.478 e. The highest BCUT2D eigenvalue weighted by molar-refractivity contribution is 5.89. The highest BCUT2D eigenvalue weighted by atomic mass is 19.1. The smallest absolute Gasteiger partial charge is 0.328 e. The molecule has 0 radical (unpaired) electrons. The number of aromatic nitrogens is 1. The Morgan fingerprint density at radius 2 is 1.84 bits per heavy atom. The van der Waals surface area contributed by atoms with Gasteiger partial charge in [0.05, 0.1) is 6.61 Å². The number of hydrogen-bond donors (Lipinski definition) is 4. The topological polar surface area (TPSA) is 114 Å². The van der Waals surface area contributed by atoms with Gasteiger partial charge < -0.3 is 25.2 Å². The summed E-state index contributed by atoms with van der Waals surface area (Å²) in [4.78, 5) is 24.3. The minimum atomic E-state index is -1.26. The highest BCUT2D eigenvalue weighted by Crippen LogP contribution is 2.19. The van der Waals surface area contributed by atoms with E-state index < -0.39 is 11.9 Å². The molecule has 0 fully saturated rings. The lowest BCUT2D eigenvalue weighted by atomic mass is 10.1. The number of rotatable bonds is 7. The van der Waals surface area contributed by atoms with Crippen LogP contribution < -0.4 is 0 Å². The van der Waals surface area contributed by atoms with E-state index in [0.717, 1.165) is 29.4 Å². The Balaban J connectivity index is 0.000000333. The molecule has 0 unspecified atom stereocenters. The molecule has 0 atom stereocenters. The number of benzene rings is 1. The number of nitrogens with zero attached hydrogens (tertiary/aromatic N) is 1. The zero-order valence-electron chi connectivity index (χ0n) is 13.8. The summed E-state index contributed by atoms with van der Waals surface area (Å²) in [5.74, 6) is -2.72. The van der Waals surface area contributed by atoms with E-state index in [1.54, 1.807) is 12.1 Å². The number of hydrogen-bond acceptors (Lipinski definition) is 4. The molecular formula is C17H21FN2O5. The van der Waals surface area contributed by atoms with Gasteiger partial charge in [0.2, 0.25) is 0 Å². The Hall–Kier alpha value is -2.71. The average Bonchev–Trinajstić information content (AvgIpc) is 2.94. The molecule has 2 aromatic rings. The second-order valence-corrected chi connectivity index (χ2v) is 5.29. The van der Waals surface area contributed by atoms with Crippen LogP contribution in [0.1, 0.15) is 5.56 Å². The molecule has 4 N–H and O–H groups in total. The third kappa shape index (κ3) is 7.60. The zero-order chi connectivity index (χ0) is 18.8. The number of carbonyl (C=O) groups is 2. The van der Waals surface area contributed by atoms with Crippen LogP contribution in [-0.4, -0.2) is 63.9 Å². The molecule has 1 heterocycles. The molecular weight excluding hydrogens is 331 g/mol. The maximum absolute atomic E-state index is 13.2. The van der Waals surface area contributed by atoms with Gasteiger partial charge >= 0.3 is 11.9 Å². The Morgan fingerprint density at radius 3 is 2.40 bits per heavy atom. The van der Waals surface area contributed by atoms with E-state index in [1.807, 2.05) is 13.2 Å². The van der Waals surface area contributed by atoms with Crippen molar-refractivity contribution in [1.29, 1.82) is 0 Å². The number of aliphatic hydroxyl groups is 1. The molecule has 7 nitrogen and oxygen atoms in total. The van der Waals surface area contributed by atoms with Gasteiger partial charge in [-0.2, -0.15) is 0 Å². The number of nitrogens with one attached hydrogen (secondary N) is 1. The Morgan fingerprint density at radius 1 is 1.20 bits per heavy atom. The number of aromatic amines is 1. The van der Waals surface area contributed by atoms with Gasteiger partial charge in [0, 0.05) is 42.3 Å². The first-order valence-corrected chi connectivity index (χ1v) is 7.52. The van der Waals surface area contributed by atoms with Crippen molar-refractivity contribution < 1.29 is 29.3 Å². The number of carboxylic acids is 2. The summed E-state index contributed by atoms with van der Waals surface area (Å²) in [5, 5.41) is 25.4. The summed E-state index contributed by atoms with van der Waals surface area (Å²) in [6.07, 6.45) is 3.89. The third-order valence-electron chi connectivity index (χ3n) is 3.34. The number of aliphatic carboxylic acids is 2. The molecule has 0 saturated carbocycles. The van der Waals surface area contributed by atoms with Crippen LogP contribution in [0.3, 0.4) is 0 Å². The van der Waals surface area contributed by atoms with Crippen LogP contribution in [0.4, 0.5) is 4.39 Å². The monoisotopic (exact) mass is 352 g/mol. The third-order valence-corrected chi connectivity index (χ3v) is 3.34. The molecule has 25 heavy (non-hydrogen) atoms. The molecule has 0 aliphatic rings. The molecule has 1 aromatic heterocycles. The van der Waals surface area contributed by atoms with Crippen LogP contribution in [0.15, 0.2) is 36.5 Å². The maximum atomic E-state index is 13.2. The van der Waals surface area contributed by atoms with Crippen LogP contribution >= 0.6 is 0 Å². The van der Waals surface area contributed by atoms with Crippen LogP contribution in [0.25, 0.3) is 10.9 Å². The van der Waals surface area contributed by atoms with Crippen molar-refractivity contribution in [3.05, 3.63) is 47.9 Å². The van der Waals surface area contributed by atoms with Crippen molar-refractivity contribution in [2.45, 2.75) is 6.42 Å². The van der Waals surface area contributed by atoms with E-state index in [0.29, 0.717) is 18.7 Å². The molecule has 0 aliphatic carbocycles. The normalized spacial score (nSPS) is 10.9. The quantitative estimate of drug-likeness (QED) is 0.562. The fourth-order valence-corrected chi connectivity index (χ4v) is 2.09. The van der Waals surface area contributed by atoms with Gasteiger partial charge in [0.25, 0.3) is 0 Å².